The summed E-state index contributed by atoms with van der Waals surface area (Å²) in [6.45, 7) is 1.50. The largest absolute Gasteiger partial charge is 0.416 e. The van der Waals surface area contributed by atoms with Gasteiger partial charge in [0.1, 0.15) is 0 Å². The molecule has 11 heteroatoms. The number of alkyl halides is 5. The van der Waals surface area contributed by atoms with Gasteiger partial charge >= 0.3 is 6.18 Å². The molecule has 5 rings (SSSR count). The summed E-state index contributed by atoms with van der Waals surface area (Å²) in [7, 11) is 0. The Morgan fingerprint density at radius 1 is 0.660 bits per heavy atom. The van der Waals surface area contributed by atoms with Gasteiger partial charge in [0.05, 0.1) is 5.56 Å². The van der Waals surface area contributed by atoms with E-state index in [1.165, 1.54) is 41.7 Å². The van der Waals surface area contributed by atoms with Crippen LogP contribution in [-0.2, 0) is 31.4 Å². The fourth-order valence-electron chi connectivity index (χ4n) is 5.63. The highest BCUT2D eigenvalue weighted by Gasteiger charge is 2.32. The Morgan fingerprint density at radius 3 is 1.53 bits per heavy atom. The molecule has 0 fully saturated rings. The third kappa shape index (κ3) is 8.14. The average molecular weight is 685 g/mol. The number of hydrogen-bond acceptors (Lipinski definition) is 6. The number of halogens is 5. The molecule has 0 aliphatic heterocycles. The second-order valence-corrected chi connectivity index (χ2v) is 13.7. The van der Waals surface area contributed by atoms with E-state index in [0.717, 1.165) is 46.9 Å². The van der Waals surface area contributed by atoms with Gasteiger partial charge in [-0.05, 0) is 70.1 Å². The minimum absolute atomic E-state index is 0.0224. The molecule has 0 bridgehead atoms. The second kappa shape index (κ2) is 14.3. The summed E-state index contributed by atoms with van der Waals surface area (Å²) in [5.41, 5.74) is 15.7. The summed E-state index contributed by atoms with van der Waals surface area (Å²) in [6, 6.07) is 18.7. The predicted molar refractivity (Wildman–Crippen MR) is 178 cm³/mol. The molecule has 4 aromatic rings. The summed E-state index contributed by atoms with van der Waals surface area (Å²) < 4.78 is 68.5. The van der Waals surface area contributed by atoms with E-state index in [0.29, 0.717) is 46.4 Å². The van der Waals surface area contributed by atoms with Crippen molar-refractivity contribution in [2.45, 2.75) is 48.1 Å². The number of benzene rings is 4. The molecule has 0 radical (unpaired) electrons. The zero-order valence-electron chi connectivity index (χ0n) is 25.6. The van der Waals surface area contributed by atoms with E-state index >= 15 is 0 Å². The van der Waals surface area contributed by atoms with Gasteiger partial charge in [0.2, 0.25) is 0 Å². The van der Waals surface area contributed by atoms with E-state index in [2.05, 4.69) is 0 Å². The molecule has 47 heavy (non-hydrogen) atoms. The summed E-state index contributed by atoms with van der Waals surface area (Å²) >= 11 is 2.61. The van der Waals surface area contributed by atoms with Crippen molar-refractivity contribution in [2.75, 3.05) is 24.6 Å². The number of hydrogen-bond donors (Lipinski definition) is 2. The van der Waals surface area contributed by atoms with Gasteiger partial charge in [0.15, 0.2) is 11.6 Å². The molecule has 0 saturated heterocycles. The molecule has 4 aromatic carbocycles. The lowest BCUT2D eigenvalue weighted by Crippen LogP contribution is -2.12. The van der Waals surface area contributed by atoms with Gasteiger partial charge in [-0.2, -0.15) is 13.2 Å². The van der Waals surface area contributed by atoms with Crippen LogP contribution in [-0.4, -0.2) is 36.2 Å². The summed E-state index contributed by atoms with van der Waals surface area (Å²) in [5.74, 6) is -2.77. The molecule has 1 aliphatic rings. The lowest BCUT2D eigenvalue weighted by Gasteiger charge is -2.15. The molecule has 246 valence electrons. The molecule has 0 amide bonds. The van der Waals surface area contributed by atoms with Crippen molar-refractivity contribution in [1.29, 1.82) is 0 Å². The van der Waals surface area contributed by atoms with E-state index in [1.807, 2.05) is 30.3 Å². The smallest absolute Gasteiger partial charge is 0.330 e. The number of carbonyl (C=O) groups excluding carboxylic acids is 2. The van der Waals surface area contributed by atoms with Crippen molar-refractivity contribution in [3.8, 4) is 11.1 Å². The Balaban J connectivity index is 1.34. The van der Waals surface area contributed by atoms with Crippen LogP contribution in [0.5, 0.6) is 0 Å². The number of Topliss-reactive ketones (excluding diaryl/α,β-unsaturated/α-hetero) is 2. The SMILES string of the molecule is CC(F)(F)c1ccc(SCCN)c(C(=O)Cc2ccc3c(c2)Cc2cc(CC(=O)c4cc(C(F)(F)F)ccc4SCCN)ccc2-3)c1. The Morgan fingerprint density at radius 2 is 1.11 bits per heavy atom. The summed E-state index contributed by atoms with van der Waals surface area (Å²) in [5, 5.41) is 0. The maximum atomic E-state index is 14.1. The topological polar surface area (TPSA) is 86.2 Å². The van der Waals surface area contributed by atoms with Gasteiger partial charge in [0.25, 0.3) is 5.92 Å². The Bertz CT molecular complexity index is 1690. The molecule has 0 heterocycles. The summed E-state index contributed by atoms with van der Waals surface area (Å²) in [4.78, 5) is 27.8. The second-order valence-electron chi connectivity index (χ2n) is 11.4. The molecule has 0 aromatic heterocycles. The van der Waals surface area contributed by atoms with Gasteiger partial charge in [-0.3, -0.25) is 9.59 Å². The van der Waals surface area contributed by atoms with Gasteiger partial charge < -0.3 is 11.5 Å². The third-order valence-electron chi connectivity index (χ3n) is 7.88. The van der Waals surface area contributed by atoms with Gasteiger partial charge in [-0.15, -0.1) is 23.5 Å². The first-order valence-corrected chi connectivity index (χ1v) is 16.9. The zero-order chi connectivity index (χ0) is 33.9. The molecule has 4 N–H and O–H groups in total. The fourth-order valence-corrected chi connectivity index (χ4v) is 7.29. The van der Waals surface area contributed by atoms with E-state index in [4.69, 9.17) is 11.5 Å². The lowest BCUT2D eigenvalue weighted by atomic mass is 9.96. The number of nitrogens with two attached hydrogens (primary N) is 2. The number of thioether (sulfide) groups is 2. The summed E-state index contributed by atoms with van der Waals surface area (Å²) in [6.07, 6.45) is -4.07. The van der Waals surface area contributed by atoms with Crippen LogP contribution in [0.3, 0.4) is 0 Å². The lowest BCUT2D eigenvalue weighted by molar-refractivity contribution is -0.137. The monoisotopic (exact) mass is 684 g/mol. The number of fused-ring (bicyclic) bond motifs is 3. The minimum atomic E-state index is -4.57. The van der Waals surface area contributed by atoms with Gasteiger partial charge in [-0.25, -0.2) is 8.78 Å². The van der Waals surface area contributed by atoms with Crippen molar-refractivity contribution < 1.29 is 31.5 Å². The minimum Gasteiger partial charge on any atom is -0.330 e. The van der Waals surface area contributed by atoms with Crippen LogP contribution in [0.1, 0.15) is 61.0 Å². The predicted octanol–water partition coefficient (Wildman–Crippen LogP) is 8.34. The van der Waals surface area contributed by atoms with Crippen molar-refractivity contribution in [2.24, 2.45) is 11.5 Å². The molecule has 0 unspecified atom stereocenters. The van der Waals surface area contributed by atoms with E-state index < -0.39 is 23.4 Å². The van der Waals surface area contributed by atoms with Crippen molar-refractivity contribution in [3.63, 3.8) is 0 Å². The molecule has 0 saturated carbocycles. The normalized spacial score (nSPS) is 12.6. The molecular weight excluding hydrogens is 652 g/mol. The van der Waals surface area contributed by atoms with Gasteiger partial charge in [0, 0.05) is 70.8 Å². The molecule has 1 aliphatic carbocycles. The van der Waals surface area contributed by atoms with E-state index in [9.17, 15) is 31.5 Å². The fraction of sp³-hybridized carbons (Fsp3) is 0.278. The van der Waals surface area contributed by atoms with Crippen LogP contribution in [0.4, 0.5) is 22.0 Å². The quantitative estimate of drug-likeness (QED) is 0.0737. The highest BCUT2D eigenvalue weighted by molar-refractivity contribution is 7.99. The maximum absolute atomic E-state index is 14.1. The first-order valence-electron chi connectivity index (χ1n) is 15.0. The van der Waals surface area contributed by atoms with Crippen LogP contribution in [0.25, 0.3) is 11.1 Å². The highest BCUT2D eigenvalue weighted by atomic mass is 32.2. The molecule has 0 atom stereocenters. The van der Waals surface area contributed by atoms with Crippen molar-refractivity contribution >= 4 is 35.1 Å². The highest BCUT2D eigenvalue weighted by Crippen LogP contribution is 2.39. The Kier molecular flexibility index (Phi) is 10.6. The van der Waals surface area contributed by atoms with Crippen LogP contribution >= 0.6 is 23.5 Å². The van der Waals surface area contributed by atoms with Crippen LogP contribution in [0, 0.1) is 0 Å². The first kappa shape index (κ1) is 34.8. The van der Waals surface area contributed by atoms with Crippen LogP contribution < -0.4 is 11.5 Å². The Hall–Kier alpha value is -3.51. The molecular formula is C36H33F5N2O2S2. The maximum Gasteiger partial charge on any atom is 0.416 e. The van der Waals surface area contributed by atoms with Crippen LogP contribution in [0.2, 0.25) is 0 Å². The number of ketones is 2. The van der Waals surface area contributed by atoms with Crippen molar-refractivity contribution in [1.82, 2.24) is 0 Å². The third-order valence-corrected chi connectivity index (χ3v) is 10.1. The average Bonchev–Trinajstić information content (AvgIpc) is 3.38. The Labute approximate surface area is 278 Å². The number of carbonyl (C=O) groups is 2. The van der Waals surface area contributed by atoms with Gasteiger partial charge in [-0.1, -0.05) is 42.5 Å². The standard InChI is InChI=1S/C36H33F5N2O2S2/c1-35(37,38)25-4-8-33(46-12-10-42)29(19-25)31(44)16-21-2-6-27-23(14-21)18-24-15-22(3-7-28(24)27)17-32(45)30-20-26(36(39,40)41)5-9-34(30)47-13-11-43/h2-9,14-15,19-20H,10-13,16-18,42-43H2,1H3. The number of rotatable bonds is 13. The van der Waals surface area contributed by atoms with Crippen LogP contribution in [0.15, 0.2) is 82.6 Å². The first-order chi connectivity index (χ1) is 22.3. The zero-order valence-corrected chi connectivity index (χ0v) is 27.2. The molecule has 0 spiro atoms. The molecule has 4 nitrogen and oxygen atoms in total. The van der Waals surface area contributed by atoms with E-state index in [-0.39, 0.29) is 35.3 Å². The van der Waals surface area contributed by atoms with E-state index in [1.54, 1.807) is 12.1 Å². The van der Waals surface area contributed by atoms with Crippen molar-refractivity contribution in [3.05, 3.63) is 117 Å².